The Labute approximate surface area is 69.9 Å². The molecule has 0 fully saturated rings. The van der Waals surface area contributed by atoms with E-state index in [2.05, 4.69) is 4.98 Å². The SMILES string of the molecule is CC.O=C(O)c1cc(=O)cc[nH]1. The predicted molar refractivity (Wildman–Crippen MR) is 45.4 cm³/mol. The van der Waals surface area contributed by atoms with E-state index in [1.165, 1.54) is 12.3 Å². The number of hydrogen-bond acceptors (Lipinski definition) is 2. The molecule has 0 saturated carbocycles. The van der Waals surface area contributed by atoms with Gasteiger partial charge in [-0.1, -0.05) is 13.8 Å². The van der Waals surface area contributed by atoms with Crippen LogP contribution in [0, 0.1) is 0 Å². The van der Waals surface area contributed by atoms with Crippen LogP contribution in [0.4, 0.5) is 0 Å². The van der Waals surface area contributed by atoms with Gasteiger partial charge in [-0.2, -0.15) is 0 Å². The second kappa shape index (κ2) is 5.12. The van der Waals surface area contributed by atoms with Crippen LogP contribution in [0.2, 0.25) is 0 Å². The molecule has 1 heterocycles. The first-order valence-corrected chi connectivity index (χ1v) is 3.62. The van der Waals surface area contributed by atoms with E-state index >= 15 is 0 Å². The maximum Gasteiger partial charge on any atom is 0.352 e. The predicted octanol–water partition coefficient (Wildman–Crippen LogP) is 1.10. The molecule has 2 N–H and O–H groups in total. The second-order valence-corrected chi connectivity index (χ2v) is 1.74. The van der Waals surface area contributed by atoms with E-state index in [0.717, 1.165) is 6.07 Å². The van der Waals surface area contributed by atoms with Gasteiger partial charge in [-0.25, -0.2) is 4.79 Å². The van der Waals surface area contributed by atoms with Gasteiger partial charge in [-0.05, 0) is 0 Å². The summed E-state index contributed by atoms with van der Waals surface area (Å²) in [6.45, 7) is 4.00. The number of nitrogens with one attached hydrogen (secondary N) is 1. The van der Waals surface area contributed by atoms with Gasteiger partial charge >= 0.3 is 5.97 Å². The van der Waals surface area contributed by atoms with Gasteiger partial charge in [-0.3, -0.25) is 4.79 Å². The maximum absolute atomic E-state index is 10.5. The summed E-state index contributed by atoms with van der Waals surface area (Å²) in [5, 5.41) is 8.34. The molecule has 4 nitrogen and oxygen atoms in total. The van der Waals surface area contributed by atoms with E-state index in [4.69, 9.17) is 5.11 Å². The summed E-state index contributed by atoms with van der Waals surface area (Å²) in [5.41, 5.74) is -0.399. The van der Waals surface area contributed by atoms with Gasteiger partial charge in [0.2, 0.25) is 0 Å². The quantitative estimate of drug-likeness (QED) is 0.661. The zero-order valence-corrected chi connectivity index (χ0v) is 7.00. The smallest absolute Gasteiger partial charge is 0.352 e. The Morgan fingerprint density at radius 1 is 1.50 bits per heavy atom. The van der Waals surface area contributed by atoms with Crippen molar-refractivity contribution >= 4 is 5.97 Å². The molecule has 0 aliphatic rings. The lowest BCUT2D eigenvalue weighted by Gasteiger charge is -1.89. The number of carbonyl (C=O) groups is 1. The summed E-state index contributed by atoms with van der Waals surface area (Å²) < 4.78 is 0. The number of hydrogen-bond donors (Lipinski definition) is 2. The number of aromatic carboxylic acids is 1. The molecule has 0 saturated heterocycles. The zero-order valence-electron chi connectivity index (χ0n) is 7.00. The van der Waals surface area contributed by atoms with Crippen molar-refractivity contribution in [2.75, 3.05) is 0 Å². The molecule has 0 aliphatic carbocycles. The average molecular weight is 169 g/mol. The Balaban J connectivity index is 0.000000561. The minimum atomic E-state index is -1.13. The van der Waals surface area contributed by atoms with E-state index in [1.54, 1.807) is 0 Å². The Kier molecular flexibility index (Phi) is 4.45. The normalized spacial score (nSPS) is 8.17. The van der Waals surface area contributed by atoms with E-state index < -0.39 is 5.97 Å². The highest BCUT2D eigenvalue weighted by atomic mass is 16.4. The highest BCUT2D eigenvalue weighted by Gasteiger charge is 2.00. The van der Waals surface area contributed by atoms with Crippen LogP contribution in [0.1, 0.15) is 24.3 Å². The fraction of sp³-hybridized carbons (Fsp3) is 0.250. The molecule has 0 aromatic carbocycles. The third-order valence-electron chi connectivity index (χ3n) is 1.00. The van der Waals surface area contributed by atoms with Gasteiger partial charge in [0.25, 0.3) is 0 Å². The molecule has 0 bridgehead atoms. The molecule has 0 unspecified atom stereocenters. The fourth-order valence-electron chi connectivity index (χ4n) is 0.569. The number of pyridine rings is 1. The number of rotatable bonds is 1. The molecule has 66 valence electrons. The van der Waals surface area contributed by atoms with Crippen LogP contribution in [0.15, 0.2) is 23.1 Å². The summed E-state index contributed by atoms with van der Waals surface area (Å²) in [4.78, 5) is 23.1. The summed E-state index contributed by atoms with van der Waals surface area (Å²) in [7, 11) is 0. The van der Waals surface area contributed by atoms with Crippen molar-refractivity contribution in [3.63, 3.8) is 0 Å². The summed E-state index contributed by atoms with van der Waals surface area (Å²) in [6.07, 6.45) is 1.30. The van der Waals surface area contributed by atoms with Gasteiger partial charge < -0.3 is 10.1 Å². The summed E-state index contributed by atoms with van der Waals surface area (Å²) in [6, 6.07) is 2.29. The van der Waals surface area contributed by atoms with Crippen LogP contribution < -0.4 is 5.43 Å². The van der Waals surface area contributed by atoms with Crippen molar-refractivity contribution in [3.05, 3.63) is 34.2 Å². The van der Waals surface area contributed by atoms with Gasteiger partial charge in [0.1, 0.15) is 5.69 Å². The summed E-state index contributed by atoms with van der Waals surface area (Å²) >= 11 is 0. The molecule has 1 rings (SSSR count). The van der Waals surface area contributed by atoms with Crippen molar-refractivity contribution in [1.82, 2.24) is 4.98 Å². The van der Waals surface area contributed by atoms with E-state index in [-0.39, 0.29) is 11.1 Å². The molecule has 0 amide bonds. The van der Waals surface area contributed by atoms with Crippen molar-refractivity contribution < 1.29 is 9.90 Å². The first-order chi connectivity index (χ1) is 5.70. The van der Waals surface area contributed by atoms with Crippen LogP contribution in [0.5, 0.6) is 0 Å². The first kappa shape index (κ1) is 10.4. The van der Waals surface area contributed by atoms with Crippen molar-refractivity contribution in [1.29, 1.82) is 0 Å². The number of H-pyrrole nitrogens is 1. The monoisotopic (exact) mass is 169 g/mol. The average Bonchev–Trinajstić information content (AvgIpc) is 2.08. The molecular weight excluding hydrogens is 158 g/mol. The van der Waals surface area contributed by atoms with Gasteiger partial charge in [0, 0.05) is 18.3 Å². The largest absolute Gasteiger partial charge is 0.477 e. The van der Waals surface area contributed by atoms with Crippen LogP contribution in [-0.2, 0) is 0 Å². The number of carboxylic acids is 1. The lowest BCUT2D eigenvalue weighted by atomic mass is 10.3. The van der Waals surface area contributed by atoms with E-state index in [9.17, 15) is 9.59 Å². The first-order valence-electron chi connectivity index (χ1n) is 3.62. The molecule has 0 radical (unpaired) electrons. The van der Waals surface area contributed by atoms with Gasteiger partial charge in [0.05, 0.1) is 0 Å². The number of carboxylic acid groups (broad SMARTS) is 1. The lowest BCUT2D eigenvalue weighted by Crippen LogP contribution is -2.06. The Morgan fingerprint density at radius 2 is 2.08 bits per heavy atom. The van der Waals surface area contributed by atoms with Gasteiger partial charge in [0.15, 0.2) is 5.43 Å². The van der Waals surface area contributed by atoms with E-state index in [0.29, 0.717) is 0 Å². The summed E-state index contributed by atoms with van der Waals surface area (Å²) in [5.74, 6) is -1.13. The van der Waals surface area contributed by atoms with E-state index in [1.807, 2.05) is 13.8 Å². The zero-order chi connectivity index (χ0) is 9.56. The fourth-order valence-corrected chi connectivity index (χ4v) is 0.569. The van der Waals surface area contributed by atoms with Crippen molar-refractivity contribution in [2.24, 2.45) is 0 Å². The lowest BCUT2D eigenvalue weighted by molar-refractivity contribution is 0.0690. The molecular formula is C8H11NO3. The topological polar surface area (TPSA) is 70.2 Å². The van der Waals surface area contributed by atoms with Crippen LogP contribution in [0.3, 0.4) is 0 Å². The number of aromatic nitrogens is 1. The highest BCUT2D eigenvalue weighted by molar-refractivity contribution is 5.84. The standard InChI is InChI=1S/C6H5NO3.C2H6/c8-4-1-2-7-5(3-4)6(9)10;1-2/h1-3H,(H,7,8)(H,9,10);1-2H3. The Morgan fingerprint density at radius 3 is 2.42 bits per heavy atom. The highest BCUT2D eigenvalue weighted by Crippen LogP contribution is 1.85. The molecule has 0 atom stereocenters. The van der Waals surface area contributed by atoms with Crippen LogP contribution in [0.25, 0.3) is 0 Å². The minimum Gasteiger partial charge on any atom is -0.477 e. The van der Waals surface area contributed by atoms with Crippen molar-refractivity contribution in [2.45, 2.75) is 13.8 Å². The third kappa shape index (κ3) is 3.01. The molecule has 1 aromatic rings. The van der Waals surface area contributed by atoms with Crippen LogP contribution in [-0.4, -0.2) is 16.1 Å². The Bertz CT molecular complexity index is 303. The van der Waals surface area contributed by atoms with Crippen molar-refractivity contribution in [3.8, 4) is 0 Å². The minimum absolute atomic E-state index is 0.0903. The van der Waals surface area contributed by atoms with Crippen LogP contribution >= 0.6 is 0 Å². The molecule has 0 spiro atoms. The third-order valence-corrected chi connectivity index (χ3v) is 1.00. The molecule has 4 heteroatoms. The maximum atomic E-state index is 10.5. The second-order valence-electron chi connectivity index (χ2n) is 1.74. The molecule has 12 heavy (non-hydrogen) atoms. The molecule has 0 aliphatic heterocycles. The Hall–Kier alpha value is -1.58. The number of aromatic amines is 1. The van der Waals surface area contributed by atoms with Gasteiger partial charge in [-0.15, -0.1) is 0 Å². The molecule has 1 aromatic heterocycles.